The van der Waals surface area contributed by atoms with Gasteiger partial charge in [0.25, 0.3) is 0 Å². The zero-order chi connectivity index (χ0) is 19.8. The number of pyridine rings is 1. The molecule has 0 radical (unpaired) electrons. The maximum atomic E-state index is 13.2. The molecule has 1 atom stereocenters. The topological polar surface area (TPSA) is 77.6 Å². The van der Waals surface area contributed by atoms with Crippen molar-refractivity contribution in [2.45, 2.75) is 38.9 Å². The first-order valence-electron chi connectivity index (χ1n) is 9.96. The number of hydrogen-bond acceptors (Lipinski definition) is 5. The van der Waals surface area contributed by atoms with Crippen molar-refractivity contribution in [3.05, 3.63) is 70.9 Å². The predicted molar refractivity (Wildman–Crippen MR) is 112 cm³/mol. The summed E-state index contributed by atoms with van der Waals surface area (Å²) in [6, 6.07) is 14.2. The van der Waals surface area contributed by atoms with E-state index in [-0.39, 0.29) is 11.7 Å². The summed E-state index contributed by atoms with van der Waals surface area (Å²) in [5.74, 6) is 2.03. The van der Waals surface area contributed by atoms with E-state index in [1.807, 2.05) is 34.9 Å². The van der Waals surface area contributed by atoms with Gasteiger partial charge < -0.3 is 5.32 Å². The fraction of sp³-hybridized carbons (Fsp3) is 0.273. The van der Waals surface area contributed by atoms with Crippen LogP contribution in [0.5, 0.6) is 0 Å². The van der Waals surface area contributed by atoms with Crippen LogP contribution in [0.1, 0.15) is 18.9 Å². The second-order valence-corrected chi connectivity index (χ2v) is 7.38. The van der Waals surface area contributed by atoms with Crippen LogP contribution >= 0.6 is 0 Å². The van der Waals surface area contributed by atoms with Gasteiger partial charge in [-0.1, -0.05) is 37.3 Å². The average Bonchev–Trinajstić information content (AvgIpc) is 3.37. The number of hydrogen-bond donors (Lipinski definition) is 1. The zero-order valence-corrected chi connectivity index (χ0v) is 16.2. The third kappa shape index (κ3) is 3.08. The van der Waals surface area contributed by atoms with Crippen LogP contribution in [0.2, 0.25) is 0 Å². The number of fused-ring (bicyclic) bond motifs is 3. The normalized spacial score (nSPS) is 15.4. The van der Waals surface area contributed by atoms with Crippen molar-refractivity contribution in [3.8, 4) is 22.9 Å². The summed E-state index contributed by atoms with van der Waals surface area (Å²) in [4.78, 5) is 26.8. The number of anilines is 1. The molecule has 0 aliphatic carbocycles. The smallest absolute Gasteiger partial charge is 0.331 e. The Balaban J connectivity index is 1.59. The Morgan fingerprint density at radius 1 is 1.10 bits per heavy atom. The highest BCUT2D eigenvalue weighted by Crippen LogP contribution is 2.33. The van der Waals surface area contributed by atoms with E-state index in [0.29, 0.717) is 24.7 Å². The molecule has 0 fully saturated rings. The maximum Gasteiger partial charge on any atom is 0.331 e. The third-order valence-corrected chi connectivity index (χ3v) is 5.31. The van der Waals surface area contributed by atoms with Crippen molar-refractivity contribution in [2.75, 3.05) is 5.32 Å². The molecule has 3 aliphatic rings. The van der Waals surface area contributed by atoms with Crippen LogP contribution in [-0.4, -0.2) is 30.1 Å². The van der Waals surface area contributed by atoms with Crippen molar-refractivity contribution in [1.29, 1.82) is 0 Å². The van der Waals surface area contributed by atoms with Crippen LogP contribution in [0.15, 0.2) is 59.7 Å². The summed E-state index contributed by atoms with van der Waals surface area (Å²) >= 11 is 0. The van der Waals surface area contributed by atoms with Crippen LogP contribution < -0.4 is 11.0 Å². The number of benzene rings is 1. The van der Waals surface area contributed by atoms with Gasteiger partial charge in [-0.15, -0.1) is 0 Å². The molecule has 5 rings (SSSR count). The molecule has 1 N–H and O–H groups in total. The predicted octanol–water partition coefficient (Wildman–Crippen LogP) is 3.05. The van der Waals surface area contributed by atoms with Gasteiger partial charge in [-0.05, 0) is 30.5 Å². The van der Waals surface area contributed by atoms with Gasteiger partial charge in [0.1, 0.15) is 11.5 Å². The summed E-state index contributed by atoms with van der Waals surface area (Å²) in [6.07, 6.45) is 5.15. The molecule has 0 saturated heterocycles. The van der Waals surface area contributed by atoms with E-state index in [9.17, 15) is 4.79 Å². The summed E-state index contributed by atoms with van der Waals surface area (Å²) < 4.78 is 3.57. The first-order chi connectivity index (χ1) is 14.2. The van der Waals surface area contributed by atoms with Gasteiger partial charge in [-0.3, -0.25) is 14.1 Å². The Kier molecular flexibility index (Phi) is 4.35. The van der Waals surface area contributed by atoms with E-state index in [1.165, 1.54) is 5.56 Å². The van der Waals surface area contributed by atoms with Gasteiger partial charge in [-0.25, -0.2) is 14.8 Å². The van der Waals surface area contributed by atoms with E-state index in [0.717, 1.165) is 29.9 Å². The SMILES string of the molecule is CCCn1c2nc(-c3ccncc3)nc-2c2n(c1=O)C[C@@H](Cc1ccccc1)N2. The van der Waals surface area contributed by atoms with Crippen LogP contribution in [0, 0.1) is 0 Å². The third-order valence-electron chi connectivity index (χ3n) is 5.31. The number of nitrogens with one attached hydrogen (secondary N) is 1. The number of nitrogens with zero attached hydrogens (tertiary/aromatic N) is 5. The lowest BCUT2D eigenvalue weighted by Crippen LogP contribution is -2.32. The molecule has 0 unspecified atom stereocenters. The lowest BCUT2D eigenvalue weighted by atomic mass is 10.1. The maximum absolute atomic E-state index is 13.2. The van der Waals surface area contributed by atoms with E-state index < -0.39 is 0 Å². The molecule has 0 saturated carbocycles. The minimum absolute atomic E-state index is 0.0291. The molecular weight excluding hydrogens is 364 g/mol. The molecule has 2 aromatic rings. The summed E-state index contributed by atoms with van der Waals surface area (Å²) in [5, 5.41) is 3.54. The molecule has 29 heavy (non-hydrogen) atoms. The standard InChI is InChI=1S/C22H22N6O/c1-2-12-27-21-18(25-19(26-21)16-8-10-23-11-9-16)20-24-17(14-28(20)22(27)29)13-15-6-4-3-5-7-15/h3-11,17,24H,2,12-14H2,1H3/t17-/m1/s1. The monoisotopic (exact) mass is 386 g/mol. The quantitative estimate of drug-likeness (QED) is 0.570. The van der Waals surface area contributed by atoms with Crippen molar-refractivity contribution >= 4 is 5.82 Å². The van der Waals surface area contributed by atoms with Crippen molar-refractivity contribution < 1.29 is 0 Å². The Bertz CT molecular complexity index is 1170. The minimum Gasteiger partial charge on any atom is -0.365 e. The number of imidazole rings is 1. The fourth-order valence-electron chi connectivity index (χ4n) is 3.99. The van der Waals surface area contributed by atoms with Gasteiger partial charge in [-0.2, -0.15) is 0 Å². The first-order valence-corrected chi connectivity index (χ1v) is 9.96. The highest BCUT2D eigenvalue weighted by atomic mass is 16.1. The molecule has 1 aromatic heterocycles. The summed E-state index contributed by atoms with van der Waals surface area (Å²) in [7, 11) is 0. The second-order valence-electron chi connectivity index (χ2n) is 7.38. The molecule has 4 heterocycles. The average molecular weight is 386 g/mol. The van der Waals surface area contributed by atoms with E-state index in [1.54, 1.807) is 17.0 Å². The van der Waals surface area contributed by atoms with Gasteiger partial charge in [0.2, 0.25) is 0 Å². The first kappa shape index (κ1) is 17.6. The lowest BCUT2D eigenvalue weighted by Gasteiger charge is -2.13. The second kappa shape index (κ2) is 7.16. The summed E-state index contributed by atoms with van der Waals surface area (Å²) in [5.41, 5.74) is 2.86. The highest BCUT2D eigenvalue weighted by molar-refractivity contribution is 5.74. The van der Waals surface area contributed by atoms with Crippen molar-refractivity contribution in [2.24, 2.45) is 0 Å². The molecule has 1 aromatic carbocycles. The molecular formula is C22H22N6O. The molecule has 3 aliphatic heterocycles. The van der Waals surface area contributed by atoms with Gasteiger partial charge in [0.05, 0.1) is 0 Å². The molecule has 0 spiro atoms. The highest BCUT2D eigenvalue weighted by Gasteiger charge is 2.31. The van der Waals surface area contributed by atoms with Crippen molar-refractivity contribution in [1.82, 2.24) is 24.1 Å². The Labute approximate surface area is 168 Å². The van der Waals surface area contributed by atoms with E-state index in [4.69, 9.17) is 9.97 Å². The Morgan fingerprint density at radius 2 is 1.90 bits per heavy atom. The summed E-state index contributed by atoms with van der Waals surface area (Å²) in [6.45, 7) is 3.31. The Morgan fingerprint density at radius 3 is 2.66 bits per heavy atom. The minimum atomic E-state index is -0.0291. The van der Waals surface area contributed by atoms with E-state index >= 15 is 0 Å². The van der Waals surface area contributed by atoms with Crippen LogP contribution in [0.25, 0.3) is 22.9 Å². The molecule has 0 amide bonds. The zero-order valence-electron chi connectivity index (χ0n) is 16.2. The van der Waals surface area contributed by atoms with Crippen molar-refractivity contribution in [3.63, 3.8) is 0 Å². The molecule has 0 bridgehead atoms. The Hall–Kier alpha value is -3.48. The molecule has 146 valence electrons. The van der Waals surface area contributed by atoms with Crippen LogP contribution in [0.4, 0.5) is 5.82 Å². The van der Waals surface area contributed by atoms with Gasteiger partial charge in [0, 0.05) is 37.1 Å². The molecule has 7 heteroatoms. The lowest BCUT2D eigenvalue weighted by molar-refractivity contribution is 0.560. The number of aromatic nitrogens is 5. The van der Waals surface area contributed by atoms with Gasteiger partial charge >= 0.3 is 5.69 Å². The molecule has 7 nitrogen and oxygen atoms in total. The number of rotatable bonds is 5. The van der Waals surface area contributed by atoms with Crippen LogP contribution in [0.3, 0.4) is 0 Å². The van der Waals surface area contributed by atoms with E-state index in [2.05, 4.69) is 29.4 Å². The largest absolute Gasteiger partial charge is 0.365 e. The van der Waals surface area contributed by atoms with Crippen LogP contribution in [-0.2, 0) is 19.5 Å². The fourth-order valence-corrected chi connectivity index (χ4v) is 3.99. The van der Waals surface area contributed by atoms with Gasteiger partial charge in [0.15, 0.2) is 11.6 Å².